The topological polar surface area (TPSA) is 49.0 Å². The van der Waals surface area contributed by atoms with Gasteiger partial charge in [0.2, 0.25) is 0 Å². The van der Waals surface area contributed by atoms with Crippen molar-refractivity contribution in [1.82, 2.24) is 14.9 Å². The zero-order valence-corrected chi connectivity index (χ0v) is 9.19. The molecule has 0 fully saturated rings. The summed E-state index contributed by atoms with van der Waals surface area (Å²) in [6.07, 6.45) is 1.62. The van der Waals surface area contributed by atoms with Crippen LogP contribution in [0.1, 0.15) is 10.5 Å². The number of amides is 1. The lowest BCUT2D eigenvalue weighted by atomic mass is 10.2. The molecule has 0 bridgehead atoms. The Labute approximate surface area is 93.9 Å². The van der Waals surface area contributed by atoms with Gasteiger partial charge in [0.25, 0.3) is 5.91 Å². The third-order valence-corrected chi connectivity index (χ3v) is 2.19. The molecule has 0 aliphatic heterocycles. The maximum Gasteiger partial charge on any atom is 0.273 e. The third kappa shape index (κ3) is 1.95. The highest BCUT2D eigenvalue weighted by molar-refractivity contribution is 5.92. The van der Waals surface area contributed by atoms with Crippen LogP contribution in [0.2, 0.25) is 0 Å². The average molecular weight is 214 g/mol. The highest BCUT2D eigenvalue weighted by atomic mass is 16.2. The lowest BCUT2D eigenvalue weighted by Gasteiger charge is -2.06. The van der Waals surface area contributed by atoms with Crippen molar-refractivity contribution in [3.8, 4) is 11.4 Å². The molecule has 0 saturated heterocycles. The summed E-state index contributed by atoms with van der Waals surface area (Å²) in [5, 5.41) is 0. The van der Waals surface area contributed by atoms with Crippen LogP contribution >= 0.6 is 0 Å². The van der Waals surface area contributed by atoms with Gasteiger partial charge in [0.1, 0.15) is 11.5 Å². The van der Waals surface area contributed by atoms with Gasteiger partial charge in [-0.25, -0.2) is 4.98 Å². The molecule has 1 radical (unpaired) electrons. The van der Waals surface area contributed by atoms with E-state index in [-0.39, 0.29) is 5.91 Å². The molecule has 1 N–H and O–H groups in total. The van der Waals surface area contributed by atoms with E-state index < -0.39 is 0 Å². The number of nitrogens with one attached hydrogen (secondary N) is 1. The van der Waals surface area contributed by atoms with Gasteiger partial charge in [-0.05, 0) is 6.07 Å². The number of carbonyl (C=O) groups is 1. The van der Waals surface area contributed by atoms with E-state index in [1.807, 2.05) is 24.3 Å². The van der Waals surface area contributed by atoms with Gasteiger partial charge in [-0.1, -0.05) is 24.3 Å². The number of aromatic amines is 1. The monoisotopic (exact) mass is 214 g/mol. The van der Waals surface area contributed by atoms with Crippen LogP contribution in [-0.2, 0) is 0 Å². The van der Waals surface area contributed by atoms with Crippen LogP contribution in [0, 0.1) is 6.07 Å². The van der Waals surface area contributed by atoms with Crippen molar-refractivity contribution in [3.05, 3.63) is 42.2 Å². The third-order valence-electron chi connectivity index (χ3n) is 2.19. The van der Waals surface area contributed by atoms with Crippen LogP contribution in [0.4, 0.5) is 0 Å². The van der Waals surface area contributed by atoms with Crippen molar-refractivity contribution < 1.29 is 4.79 Å². The number of hydrogen-bond acceptors (Lipinski definition) is 2. The highest BCUT2D eigenvalue weighted by Crippen LogP contribution is 2.14. The maximum absolute atomic E-state index is 11.6. The smallest absolute Gasteiger partial charge is 0.273 e. The number of carbonyl (C=O) groups excluding carboxylic acids is 1. The number of imidazole rings is 1. The molecule has 1 aromatic heterocycles. The second-order valence-electron chi connectivity index (χ2n) is 3.62. The van der Waals surface area contributed by atoms with E-state index in [0.29, 0.717) is 11.5 Å². The minimum atomic E-state index is -0.106. The first-order chi connectivity index (χ1) is 7.68. The summed E-state index contributed by atoms with van der Waals surface area (Å²) < 4.78 is 0. The van der Waals surface area contributed by atoms with E-state index in [1.54, 1.807) is 20.3 Å². The Balaban J connectivity index is 2.30. The van der Waals surface area contributed by atoms with Crippen molar-refractivity contribution in [3.63, 3.8) is 0 Å². The van der Waals surface area contributed by atoms with Crippen LogP contribution in [-0.4, -0.2) is 34.9 Å². The Morgan fingerprint density at radius 2 is 2.06 bits per heavy atom. The van der Waals surface area contributed by atoms with Gasteiger partial charge >= 0.3 is 0 Å². The van der Waals surface area contributed by atoms with Crippen LogP contribution in [0.5, 0.6) is 0 Å². The molecule has 0 spiro atoms. The van der Waals surface area contributed by atoms with E-state index in [0.717, 1.165) is 5.56 Å². The summed E-state index contributed by atoms with van der Waals surface area (Å²) in [6.45, 7) is 0. The largest absolute Gasteiger partial charge is 0.344 e. The van der Waals surface area contributed by atoms with Crippen LogP contribution in [0.25, 0.3) is 11.4 Å². The summed E-state index contributed by atoms with van der Waals surface area (Å²) in [7, 11) is 3.41. The second-order valence-corrected chi connectivity index (χ2v) is 3.62. The number of benzene rings is 1. The fraction of sp³-hybridized carbons (Fsp3) is 0.167. The molecular formula is C12H12N3O. The molecule has 16 heavy (non-hydrogen) atoms. The fourth-order valence-electron chi connectivity index (χ4n) is 1.35. The molecule has 1 aromatic carbocycles. The minimum Gasteiger partial charge on any atom is -0.344 e. The molecule has 0 aliphatic carbocycles. The Morgan fingerprint density at radius 3 is 2.69 bits per heavy atom. The molecule has 0 unspecified atom stereocenters. The fourth-order valence-corrected chi connectivity index (χ4v) is 1.35. The summed E-state index contributed by atoms with van der Waals surface area (Å²) in [4.78, 5) is 20.4. The van der Waals surface area contributed by atoms with E-state index in [2.05, 4.69) is 16.0 Å². The first-order valence-corrected chi connectivity index (χ1v) is 4.92. The molecule has 4 nitrogen and oxygen atoms in total. The normalized spacial score (nSPS) is 10.1. The minimum absolute atomic E-state index is 0.106. The Morgan fingerprint density at radius 1 is 1.38 bits per heavy atom. The zero-order valence-electron chi connectivity index (χ0n) is 9.19. The molecular weight excluding hydrogens is 202 g/mol. The van der Waals surface area contributed by atoms with E-state index in [1.165, 1.54) is 4.90 Å². The summed E-state index contributed by atoms with van der Waals surface area (Å²) in [6, 6.07) is 10.3. The van der Waals surface area contributed by atoms with Crippen molar-refractivity contribution in [1.29, 1.82) is 0 Å². The van der Waals surface area contributed by atoms with Gasteiger partial charge < -0.3 is 9.88 Å². The van der Waals surface area contributed by atoms with E-state index in [4.69, 9.17) is 0 Å². The van der Waals surface area contributed by atoms with Crippen LogP contribution < -0.4 is 0 Å². The molecule has 2 aromatic rings. The lowest BCUT2D eigenvalue weighted by Crippen LogP contribution is -2.21. The standard InChI is InChI=1S/C12H12N3O/c1-15(2)12(16)10-8-13-11(14-10)9-6-4-3-5-7-9/h4-8H,1-2H3,(H,13,14). The summed E-state index contributed by atoms with van der Waals surface area (Å²) in [5.74, 6) is 0.587. The first kappa shape index (κ1) is 10.4. The number of nitrogens with zero attached hydrogens (tertiary/aromatic N) is 2. The molecule has 0 saturated carbocycles. The quantitative estimate of drug-likeness (QED) is 0.825. The molecule has 1 amide bonds. The molecule has 0 atom stereocenters. The summed E-state index contributed by atoms with van der Waals surface area (Å²) >= 11 is 0. The Bertz CT molecular complexity index is 488. The van der Waals surface area contributed by atoms with Crippen LogP contribution in [0.3, 0.4) is 0 Å². The zero-order chi connectivity index (χ0) is 11.5. The van der Waals surface area contributed by atoms with Crippen molar-refractivity contribution in [2.45, 2.75) is 0 Å². The van der Waals surface area contributed by atoms with Crippen molar-refractivity contribution >= 4 is 5.91 Å². The number of aromatic nitrogens is 2. The predicted molar refractivity (Wildman–Crippen MR) is 60.9 cm³/mol. The van der Waals surface area contributed by atoms with Gasteiger partial charge in [-0.3, -0.25) is 4.79 Å². The van der Waals surface area contributed by atoms with E-state index >= 15 is 0 Å². The summed E-state index contributed by atoms with van der Waals surface area (Å²) in [5.41, 5.74) is 1.37. The molecule has 2 rings (SSSR count). The Hall–Kier alpha value is -2.10. The number of rotatable bonds is 2. The SMILES string of the molecule is CN(C)C(=O)c1c[nH]c(-c2cc[c]cc2)n1. The van der Waals surface area contributed by atoms with Crippen LogP contribution in [0.15, 0.2) is 30.5 Å². The van der Waals surface area contributed by atoms with Gasteiger partial charge in [-0.15, -0.1) is 0 Å². The average Bonchev–Trinajstić information content (AvgIpc) is 2.78. The number of hydrogen-bond donors (Lipinski definition) is 1. The van der Waals surface area contributed by atoms with Gasteiger partial charge in [-0.2, -0.15) is 0 Å². The van der Waals surface area contributed by atoms with Gasteiger partial charge in [0.05, 0.1) is 0 Å². The van der Waals surface area contributed by atoms with Crippen molar-refractivity contribution in [2.24, 2.45) is 0 Å². The van der Waals surface area contributed by atoms with Gasteiger partial charge in [0, 0.05) is 25.9 Å². The second kappa shape index (κ2) is 4.18. The van der Waals surface area contributed by atoms with Crippen molar-refractivity contribution in [2.75, 3.05) is 14.1 Å². The Kier molecular flexibility index (Phi) is 2.72. The molecule has 81 valence electrons. The van der Waals surface area contributed by atoms with E-state index in [9.17, 15) is 4.79 Å². The molecule has 4 heteroatoms. The molecule has 1 heterocycles. The number of H-pyrrole nitrogens is 1. The molecule has 0 aliphatic rings. The van der Waals surface area contributed by atoms with Gasteiger partial charge in [0.15, 0.2) is 0 Å². The predicted octanol–water partition coefficient (Wildman–Crippen LogP) is 1.58. The lowest BCUT2D eigenvalue weighted by molar-refractivity contribution is 0.0822. The highest BCUT2D eigenvalue weighted by Gasteiger charge is 2.12. The maximum atomic E-state index is 11.6. The first-order valence-electron chi connectivity index (χ1n) is 4.92.